The van der Waals surface area contributed by atoms with E-state index >= 15 is 0 Å². The maximum Gasteiger partial charge on any atom is 0.328 e. The highest BCUT2D eigenvalue weighted by atomic mass is 35.5. The smallest absolute Gasteiger partial charge is 0.328 e. The number of carboxylic acids is 1. The number of morpholine rings is 1. The number of halogens is 1. The molecule has 3 heterocycles. The lowest BCUT2D eigenvalue weighted by Gasteiger charge is -2.26. The molecule has 0 bridgehead atoms. The van der Waals surface area contributed by atoms with Crippen molar-refractivity contribution < 1.29 is 19.4 Å². The van der Waals surface area contributed by atoms with Crippen LogP contribution in [0, 0.1) is 0 Å². The average Bonchev–Trinajstić information content (AvgIpc) is 3.51. The first-order chi connectivity index (χ1) is 20.0. The molecule has 2 aromatic carbocycles. The van der Waals surface area contributed by atoms with E-state index in [0.717, 1.165) is 72.1 Å². The minimum atomic E-state index is -0.963. The molecule has 1 aliphatic heterocycles. The summed E-state index contributed by atoms with van der Waals surface area (Å²) in [7, 11) is 0. The zero-order valence-electron chi connectivity index (χ0n) is 22.4. The normalized spacial score (nSPS) is 14.9. The summed E-state index contributed by atoms with van der Waals surface area (Å²) >= 11 is 9.90. The Kier molecular flexibility index (Phi) is 10.5. The van der Waals surface area contributed by atoms with Gasteiger partial charge >= 0.3 is 5.97 Å². The van der Waals surface area contributed by atoms with Crippen molar-refractivity contribution >= 4 is 63.1 Å². The Labute approximate surface area is 252 Å². The Hall–Kier alpha value is -3.15. The summed E-state index contributed by atoms with van der Waals surface area (Å²) in [5.74, 6) is 1.19. The molecule has 0 amide bonds. The van der Waals surface area contributed by atoms with E-state index in [1.165, 1.54) is 12.4 Å². The number of hydrogen-bond acceptors (Lipinski definition) is 9. The number of carboxylic acid groups (broad SMARTS) is 1. The van der Waals surface area contributed by atoms with Crippen LogP contribution >= 0.6 is 34.7 Å². The highest BCUT2D eigenvalue weighted by molar-refractivity contribution is 7.99. The number of benzene rings is 2. The lowest BCUT2D eigenvalue weighted by molar-refractivity contribution is -0.131. The number of ether oxygens (including phenoxy) is 2. The zero-order chi connectivity index (χ0) is 28.4. The fourth-order valence-electron chi connectivity index (χ4n) is 4.48. The third-order valence-corrected chi connectivity index (χ3v) is 9.02. The van der Waals surface area contributed by atoms with Gasteiger partial charge in [0.05, 0.1) is 23.8 Å². The highest BCUT2D eigenvalue weighted by Gasteiger charge is 2.15. The molecule has 8 nitrogen and oxygen atoms in total. The Bertz CT molecular complexity index is 1480. The molecule has 1 aliphatic rings. The first-order valence-electron chi connectivity index (χ1n) is 13.3. The second-order valence-corrected chi connectivity index (χ2v) is 12.1. The van der Waals surface area contributed by atoms with E-state index < -0.39 is 5.97 Å². The van der Waals surface area contributed by atoms with Crippen molar-refractivity contribution in [2.24, 2.45) is 0 Å². The maximum atomic E-state index is 11.3. The molecule has 2 aromatic heterocycles. The van der Waals surface area contributed by atoms with Gasteiger partial charge in [-0.1, -0.05) is 29.8 Å². The van der Waals surface area contributed by atoms with Gasteiger partial charge in [0.15, 0.2) is 0 Å². The van der Waals surface area contributed by atoms with Gasteiger partial charge in [0.25, 0.3) is 0 Å². The summed E-state index contributed by atoms with van der Waals surface area (Å²) in [6.45, 7) is 4.96. The summed E-state index contributed by atoms with van der Waals surface area (Å²) in [4.78, 5) is 23.8. The topological polar surface area (TPSA) is 96.8 Å². The van der Waals surface area contributed by atoms with Gasteiger partial charge in [-0.25, -0.2) is 14.8 Å². The van der Waals surface area contributed by atoms with E-state index in [-0.39, 0.29) is 5.25 Å². The number of carbonyl (C=O) groups is 1. The summed E-state index contributed by atoms with van der Waals surface area (Å²) in [5, 5.41) is 15.9. The second kappa shape index (κ2) is 14.7. The molecule has 0 saturated carbocycles. The van der Waals surface area contributed by atoms with Gasteiger partial charge in [-0.2, -0.15) is 0 Å². The molecule has 0 spiro atoms. The lowest BCUT2D eigenvalue weighted by atomic mass is 10.1. The summed E-state index contributed by atoms with van der Waals surface area (Å²) in [6.07, 6.45) is 5.50. The summed E-state index contributed by atoms with van der Waals surface area (Å²) < 4.78 is 11.3. The second-order valence-electron chi connectivity index (χ2n) is 9.43. The lowest BCUT2D eigenvalue weighted by Crippen LogP contribution is -2.37. The van der Waals surface area contributed by atoms with Crippen LogP contribution < -0.4 is 10.1 Å². The molecule has 11 heteroatoms. The van der Waals surface area contributed by atoms with E-state index in [1.807, 2.05) is 53.9 Å². The summed E-state index contributed by atoms with van der Waals surface area (Å²) in [5.41, 5.74) is 2.54. The van der Waals surface area contributed by atoms with Crippen LogP contribution in [0.1, 0.15) is 22.1 Å². The van der Waals surface area contributed by atoms with Crippen LogP contribution in [0.3, 0.4) is 0 Å². The van der Waals surface area contributed by atoms with E-state index in [0.29, 0.717) is 23.2 Å². The Morgan fingerprint density at radius 3 is 2.88 bits per heavy atom. The van der Waals surface area contributed by atoms with Crippen LogP contribution in [-0.4, -0.2) is 64.5 Å². The van der Waals surface area contributed by atoms with Crippen molar-refractivity contribution in [2.45, 2.75) is 18.3 Å². The number of anilines is 2. The van der Waals surface area contributed by atoms with Crippen LogP contribution in [0.2, 0.25) is 5.02 Å². The largest absolute Gasteiger partial charge is 0.487 e. The van der Waals surface area contributed by atoms with Crippen molar-refractivity contribution in [1.29, 1.82) is 0 Å². The molecule has 1 unspecified atom stereocenters. The average molecular weight is 611 g/mol. The molecule has 1 saturated heterocycles. The molecule has 41 heavy (non-hydrogen) atoms. The van der Waals surface area contributed by atoms with Gasteiger partial charge in [-0.15, -0.1) is 23.1 Å². The third-order valence-electron chi connectivity index (χ3n) is 6.57. The number of thiophene rings is 1. The van der Waals surface area contributed by atoms with Gasteiger partial charge in [-0.05, 0) is 66.1 Å². The fraction of sp³-hybridized carbons (Fsp3) is 0.300. The number of thioether (sulfide) groups is 1. The van der Waals surface area contributed by atoms with Gasteiger partial charge in [0.2, 0.25) is 0 Å². The van der Waals surface area contributed by atoms with Gasteiger partial charge in [0, 0.05) is 40.4 Å². The van der Waals surface area contributed by atoms with E-state index in [4.69, 9.17) is 21.1 Å². The first-order valence-corrected chi connectivity index (χ1v) is 15.6. The number of aliphatic carboxylic acids is 1. The van der Waals surface area contributed by atoms with Crippen molar-refractivity contribution in [3.05, 3.63) is 87.9 Å². The number of hydrogen-bond donors (Lipinski definition) is 2. The molecule has 0 aliphatic carbocycles. The standard InChI is InChI=1S/C30H31ClN4O4S2/c31-25-18-22(5-7-27(25)39-19-23-3-1-15-40-23)34-30-24-17-21(4-6-26(24)32-20-33-30)28(8-9-29(36)37)41-16-2-10-35-11-13-38-14-12-35/h1,3-9,15,17-18,20,28H,2,10-14,16,19H2,(H,36,37)(H,32,33,34). The monoisotopic (exact) mass is 610 g/mol. The predicted octanol–water partition coefficient (Wildman–Crippen LogP) is 6.80. The number of aromatic nitrogens is 2. The van der Waals surface area contributed by atoms with Crippen molar-refractivity contribution in [3.8, 4) is 5.75 Å². The van der Waals surface area contributed by atoms with Crippen LogP contribution in [0.5, 0.6) is 5.75 Å². The van der Waals surface area contributed by atoms with E-state index in [2.05, 4.69) is 20.2 Å². The van der Waals surface area contributed by atoms with Gasteiger partial charge < -0.3 is 19.9 Å². The van der Waals surface area contributed by atoms with E-state index in [1.54, 1.807) is 29.2 Å². The first kappa shape index (κ1) is 29.3. The maximum absolute atomic E-state index is 11.3. The Morgan fingerprint density at radius 1 is 1.22 bits per heavy atom. The molecule has 1 atom stereocenters. The minimum Gasteiger partial charge on any atom is -0.487 e. The number of rotatable bonds is 13. The molecule has 5 rings (SSSR count). The van der Waals surface area contributed by atoms with Crippen LogP contribution in [-0.2, 0) is 16.1 Å². The quantitative estimate of drug-likeness (QED) is 0.125. The zero-order valence-corrected chi connectivity index (χ0v) is 24.8. The van der Waals surface area contributed by atoms with Crippen LogP contribution in [0.4, 0.5) is 11.5 Å². The van der Waals surface area contributed by atoms with E-state index in [9.17, 15) is 9.90 Å². The fourth-order valence-corrected chi connectivity index (χ4v) is 6.41. The molecule has 1 fully saturated rings. The SMILES string of the molecule is O=C(O)C=CC(SCCCN1CCOCC1)c1ccc2ncnc(Nc3ccc(OCc4cccs4)c(Cl)c3)c2c1. The highest BCUT2D eigenvalue weighted by Crippen LogP contribution is 2.35. The van der Waals surface area contributed by atoms with Crippen LogP contribution in [0.25, 0.3) is 10.9 Å². The molecular weight excluding hydrogens is 580 g/mol. The van der Waals surface area contributed by atoms with Crippen molar-refractivity contribution in [3.63, 3.8) is 0 Å². The Balaban J connectivity index is 1.30. The van der Waals surface area contributed by atoms with Gasteiger partial charge in [-0.3, -0.25) is 4.90 Å². The molecule has 2 N–H and O–H groups in total. The number of nitrogens with zero attached hydrogens (tertiary/aromatic N) is 3. The molecule has 0 radical (unpaired) electrons. The minimum absolute atomic E-state index is 0.123. The van der Waals surface area contributed by atoms with Crippen LogP contribution in [0.15, 0.2) is 72.4 Å². The van der Waals surface area contributed by atoms with Crippen molar-refractivity contribution in [1.82, 2.24) is 14.9 Å². The molecule has 214 valence electrons. The summed E-state index contributed by atoms with van der Waals surface area (Å²) in [6, 6.07) is 15.5. The number of nitrogens with one attached hydrogen (secondary N) is 1. The number of fused-ring (bicyclic) bond motifs is 1. The van der Waals surface area contributed by atoms with Crippen molar-refractivity contribution in [2.75, 3.05) is 43.9 Å². The van der Waals surface area contributed by atoms with Gasteiger partial charge in [0.1, 0.15) is 24.5 Å². The molecule has 4 aromatic rings. The predicted molar refractivity (Wildman–Crippen MR) is 167 cm³/mol. The Morgan fingerprint density at radius 2 is 2.10 bits per heavy atom. The third kappa shape index (κ3) is 8.43. The molecular formula is C30H31ClN4O4S2.